The van der Waals surface area contributed by atoms with Crippen molar-refractivity contribution in [1.29, 1.82) is 0 Å². The van der Waals surface area contributed by atoms with Gasteiger partial charge in [0, 0.05) is 0 Å². The van der Waals surface area contributed by atoms with E-state index in [-0.39, 0.29) is 16.8 Å². The minimum absolute atomic E-state index is 0.0877. The molecule has 1 aromatic carbocycles. The van der Waals surface area contributed by atoms with Crippen LogP contribution in [0, 0.1) is 0 Å². The van der Waals surface area contributed by atoms with Crippen molar-refractivity contribution in [2.45, 2.75) is 0 Å². The Kier molecular flexibility index (Phi) is 2.87. The monoisotopic (exact) mass is 235 g/mol. The van der Waals surface area contributed by atoms with E-state index in [1.807, 2.05) is 12.1 Å². The number of hydrogen-bond donors (Lipinski definition) is 1. The maximum absolute atomic E-state index is 11.3. The van der Waals surface area contributed by atoms with Gasteiger partial charge in [0.05, 0.1) is 7.11 Å². The lowest BCUT2D eigenvalue weighted by Crippen LogP contribution is -2.18. The van der Waals surface area contributed by atoms with E-state index in [1.54, 1.807) is 25.3 Å². The summed E-state index contributed by atoms with van der Waals surface area (Å²) >= 11 is 4.71. The van der Waals surface area contributed by atoms with E-state index in [0.29, 0.717) is 0 Å². The summed E-state index contributed by atoms with van der Waals surface area (Å²) in [5.41, 5.74) is 0.843. The van der Waals surface area contributed by atoms with E-state index in [2.05, 4.69) is 5.32 Å². The van der Waals surface area contributed by atoms with Crippen LogP contribution in [0.2, 0.25) is 0 Å². The normalized spacial score (nSPS) is 17.2. The Labute approximate surface area is 97.9 Å². The van der Waals surface area contributed by atoms with Crippen LogP contribution in [0.5, 0.6) is 5.75 Å². The lowest BCUT2D eigenvalue weighted by molar-refractivity contribution is -0.116. The predicted octanol–water partition coefficient (Wildman–Crippen LogP) is 1.47. The molecule has 0 aliphatic carbocycles. The third kappa shape index (κ3) is 2.20. The van der Waals surface area contributed by atoms with Gasteiger partial charge in [-0.1, -0.05) is 12.1 Å². The van der Waals surface area contributed by atoms with E-state index in [4.69, 9.17) is 21.7 Å². The molecular formula is C11H9NO3S. The van der Waals surface area contributed by atoms with Gasteiger partial charge in [0.1, 0.15) is 5.75 Å². The van der Waals surface area contributed by atoms with E-state index in [0.717, 1.165) is 11.3 Å². The Morgan fingerprint density at radius 2 is 2.06 bits per heavy atom. The van der Waals surface area contributed by atoms with Gasteiger partial charge < -0.3 is 9.47 Å². The van der Waals surface area contributed by atoms with E-state index in [1.165, 1.54) is 0 Å². The van der Waals surface area contributed by atoms with E-state index in [9.17, 15) is 4.79 Å². The number of rotatable bonds is 2. The zero-order chi connectivity index (χ0) is 11.5. The Morgan fingerprint density at radius 1 is 1.38 bits per heavy atom. The summed E-state index contributed by atoms with van der Waals surface area (Å²) < 4.78 is 10.1. The Balaban J connectivity index is 2.22. The van der Waals surface area contributed by atoms with Gasteiger partial charge in [-0.2, -0.15) is 0 Å². The van der Waals surface area contributed by atoms with Crippen LogP contribution in [0.25, 0.3) is 6.08 Å². The second-order valence-corrected chi connectivity index (χ2v) is 3.50. The molecule has 1 amide bonds. The average Bonchev–Trinajstić information content (AvgIpc) is 2.59. The topological polar surface area (TPSA) is 47.6 Å². The molecule has 5 heteroatoms. The smallest absolute Gasteiger partial charge is 0.294 e. The van der Waals surface area contributed by atoms with Gasteiger partial charge in [-0.05, 0) is 36.0 Å². The van der Waals surface area contributed by atoms with Gasteiger partial charge in [0.15, 0.2) is 5.76 Å². The summed E-state index contributed by atoms with van der Waals surface area (Å²) in [6.45, 7) is 0. The van der Waals surface area contributed by atoms with Crippen LogP contribution in [0.3, 0.4) is 0 Å². The minimum Gasteiger partial charge on any atom is -0.497 e. The highest BCUT2D eigenvalue weighted by atomic mass is 32.1. The number of carbonyl (C=O) groups excluding carboxylic acids is 1. The number of ether oxygens (including phenoxy) is 2. The molecule has 1 heterocycles. The van der Waals surface area contributed by atoms with E-state index < -0.39 is 0 Å². The maximum atomic E-state index is 11.3. The minimum atomic E-state index is -0.319. The molecule has 0 unspecified atom stereocenters. The molecule has 0 atom stereocenters. The van der Waals surface area contributed by atoms with Crippen LogP contribution in [0.4, 0.5) is 0 Å². The van der Waals surface area contributed by atoms with Crippen LogP contribution in [0.15, 0.2) is 30.0 Å². The summed E-state index contributed by atoms with van der Waals surface area (Å²) in [4.78, 5) is 11.3. The molecule has 1 N–H and O–H groups in total. The van der Waals surface area contributed by atoms with Crippen molar-refractivity contribution < 1.29 is 14.3 Å². The number of hydrogen-bond acceptors (Lipinski definition) is 4. The largest absolute Gasteiger partial charge is 0.497 e. The van der Waals surface area contributed by atoms with Crippen LogP contribution in [-0.2, 0) is 9.53 Å². The van der Waals surface area contributed by atoms with Crippen molar-refractivity contribution in [2.24, 2.45) is 0 Å². The first-order valence-corrected chi connectivity index (χ1v) is 4.99. The summed E-state index contributed by atoms with van der Waals surface area (Å²) in [7, 11) is 1.60. The molecule has 1 aliphatic rings. The molecule has 0 spiro atoms. The van der Waals surface area contributed by atoms with Crippen molar-refractivity contribution in [3.05, 3.63) is 35.6 Å². The molecule has 1 aromatic rings. The van der Waals surface area contributed by atoms with Crippen LogP contribution >= 0.6 is 12.2 Å². The number of amides is 1. The molecule has 16 heavy (non-hydrogen) atoms. The fourth-order valence-corrected chi connectivity index (χ4v) is 1.46. The molecule has 0 saturated carbocycles. The second kappa shape index (κ2) is 4.32. The number of nitrogens with one attached hydrogen (secondary N) is 1. The van der Waals surface area contributed by atoms with Gasteiger partial charge in [-0.25, -0.2) is 0 Å². The predicted molar refractivity (Wildman–Crippen MR) is 62.8 cm³/mol. The van der Waals surface area contributed by atoms with Crippen LogP contribution in [0.1, 0.15) is 5.56 Å². The molecule has 1 aliphatic heterocycles. The molecule has 1 fully saturated rings. The van der Waals surface area contributed by atoms with Crippen molar-refractivity contribution >= 4 is 29.4 Å². The van der Waals surface area contributed by atoms with Gasteiger partial charge in [0.25, 0.3) is 11.1 Å². The van der Waals surface area contributed by atoms with Gasteiger partial charge in [0.2, 0.25) is 0 Å². The third-order valence-electron chi connectivity index (χ3n) is 2.06. The lowest BCUT2D eigenvalue weighted by atomic mass is 10.2. The zero-order valence-corrected chi connectivity index (χ0v) is 9.34. The number of carbonyl (C=O) groups is 1. The van der Waals surface area contributed by atoms with Crippen LogP contribution < -0.4 is 10.1 Å². The van der Waals surface area contributed by atoms with E-state index >= 15 is 0 Å². The fraction of sp³-hybridized carbons (Fsp3) is 0.0909. The molecule has 1 saturated heterocycles. The van der Waals surface area contributed by atoms with Crippen molar-refractivity contribution in [3.8, 4) is 5.75 Å². The highest BCUT2D eigenvalue weighted by Gasteiger charge is 2.22. The molecule has 0 aromatic heterocycles. The zero-order valence-electron chi connectivity index (χ0n) is 8.52. The molecule has 0 radical (unpaired) electrons. The highest BCUT2D eigenvalue weighted by Crippen LogP contribution is 2.16. The molecule has 0 bridgehead atoms. The Bertz CT molecular complexity index is 465. The summed E-state index contributed by atoms with van der Waals surface area (Å²) in [6, 6.07) is 7.25. The number of benzene rings is 1. The Morgan fingerprint density at radius 3 is 2.56 bits per heavy atom. The molecule has 4 nitrogen and oxygen atoms in total. The standard InChI is InChI=1S/C11H9NO3S/c1-14-8-4-2-7(3-5-8)6-9-10(13)12-11(16)15-9/h2-6H,1H3,(H,12,13,16). The van der Waals surface area contributed by atoms with Crippen molar-refractivity contribution in [2.75, 3.05) is 7.11 Å². The first-order valence-electron chi connectivity index (χ1n) is 4.58. The van der Waals surface area contributed by atoms with Crippen molar-refractivity contribution in [3.63, 3.8) is 0 Å². The quantitative estimate of drug-likeness (QED) is 0.623. The third-order valence-corrected chi connectivity index (χ3v) is 2.24. The SMILES string of the molecule is COc1ccc(C=C2OC(=S)NC2=O)cc1. The molecule has 82 valence electrons. The Hall–Kier alpha value is -1.88. The average molecular weight is 235 g/mol. The summed E-state index contributed by atoms with van der Waals surface area (Å²) in [6.07, 6.45) is 1.62. The molecular weight excluding hydrogens is 226 g/mol. The van der Waals surface area contributed by atoms with Gasteiger partial charge in [-0.3, -0.25) is 10.1 Å². The maximum Gasteiger partial charge on any atom is 0.294 e. The fourth-order valence-electron chi connectivity index (χ4n) is 1.27. The second-order valence-electron chi connectivity index (χ2n) is 3.13. The van der Waals surface area contributed by atoms with Gasteiger partial charge >= 0.3 is 0 Å². The summed E-state index contributed by atoms with van der Waals surface area (Å²) in [5.74, 6) is 0.644. The summed E-state index contributed by atoms with van der Waals surface area (Å²) in [5, 5.41) is 2.47. The highest BCUT2D eigenvalue weighted by molar-refractivity contribution is 7.80. The number of thiocarbonyl (C=S) groups is 1. The van der Waals surface area contributed by atoms with Crippen molar-refractivity contribution in [1.82, 2.24) is 5.32 Å². The van der Waals surface area contributed by atoms with Crippen LogP contribution in [-0.4, -0.2) is 18.2 Å². The first kappa shape index (κ1) is 10.6. The lowest BCUT2D eigenvalue weighted by Gasteiger charge is -1.99. The number of methoxy groups -OCH3 is 1. The molecule has 2 rings (SSSR count). The first-order chi connectivity index (χ1) is 7.69. The van der Waals surface area contributed by atoms with Gasteiger partial charge in [-0.15, -0.1) is 0 Å².